The van der Waals surface area contributed by atoms with Gasteiger partial charge in [-0.3, -0.25) is 0 Å². The molecule has 0 radical (unpaired) electrons. The van der Waals surface area contributed by atoms with E-state index in [4.69, 9.17) is 16.3 Å². The third-order valence-electron chi connectivity index (χ3n) is 2.64. The fourth-order valence-electron chi connectivity index (χ4n) is 1.59. The Morgan fingerprint density at radius 2 is 2.24 bits per heavy atom. The number of nitrogens with one attached hydrogen (secondary N) is 1. The summed E-state index contributed by atoms with van der Waals surface area (Å²) in [5.41, 5.74) is 0. The summed E-state index contributed by atoms with van der Waals surface area (Å²) in [6, 6.07) is 1.41. The molecule has 0 saturated heterocycles. The lowest BCUT2D eigenvalue weighted by atomic mass is 9.90. The van der Waals surface area contributed by atoms with Gasteiger partial charge in [0.1, 0.15) is 4.21 Å². The van der Waals surface area contributed by atoms with Crippen molar-refractivity contribution in [1.29, 1.82) is 0 Å². The molecule has 0 atom stereocenters. The molecule has 0 bridgehead atoms. The molecular formula is C9H11BrClNO3S2. The third kappa shape index (κ3) is 3.02. The highest BCUT2D eigenvalue weighted by atomic mass is 79.9. The molecule has 17 heavy (non-hydrogen) atoms. The van der Waals surface area contributed by atoms with E-state index in [-0.39, 0.29) is 16.4 Å². The highest BCUT2D eigenvalue weighted by Crippen LogP contribution is 2.35. The van der Waals surface area contributed by atoms with Crippen molar-refractivity contribution in [2.75, 3.05) is 7.11 Å². The Morgan fingerprint density at radius 1 is 1.59 bits per heavy atom. The van der Waals surface area contributed by atoms with Crippen molar-refractivity contribution in [3.63, 3.8) is 0 Å². The number of hydrogen-bond donors (Lipinski definition) is 1. The SMILES string of the molecule is COC1CC(NS(=O)(=O)c2cc(Cl)c(Br)s2)C1. The molecule has 0 aromatic carbocycles. The Hall–Kier alpha value is 0.340. The van der Waals surface area contributed by atoms with E-state index in [1.54, 1.807) is 7.11 Å². The zero-order valence-corrected chi connectivity index (χ0v) is 12.9. The zero-order valence-electron chi connectivity index (χ0n) is 8.94. The summed E-state index contributed by atoms with van der Waals surface area (Å²) in [6.45, 7) is 0. The molecule has 2 rings (SSSR count). The second kappa shape index (κ2) is 5.14. The Morgan fingerprint density at radius 3 is 2.71 bits per heavy atom. The highest BCUT2D eigenvalue weighted by Gasteiger charge is 2.33. The van der Waals surface area contributed by atoms with Crippen LogP contribution in [0, 0.1) is 0 Å². The number of rotatable bonds is 4. The van der Waals surface area contributed by atoms with E-state index in [1.165, 1.54) is 6.07 Å². The fraction of sp³-hybridized carbons (Fsp3) is 0.556. The van der Waals surface area contributed by atoms with Crippen molar-refractivity contribution in [3.05, 3.63) is 14.9 Å². The minimum absolute atomic E-state index is 0.0374. The van der Waals surface area contributed by atoms with Crippen molar-refractivity contribution >= 4 is 48.9 Å². The summed E-state index contributed by atoms with van der Waals surface area (Å²) in [6.07, 6.45) is 1.60. The van der Waals surface area contributed by atoms with Gasteiger partial charge in [-0.2, -0.15) is 0 Å². The summed E-state index contributed by atoms with van der Waals surface area (Å²) in [4.78, 5) is 0. The van der Waals surface area contributed by atoms with Gasteiger partial charge in [0, 0.05) is 13.2 Å². The molecule has 1 aliphatic carbocycles. The van der Waals surface area contributed by atoms with E-state index in [0.717, 1.165) is 24.2 Å². The van der Waals surface area contributed by atoms with Crippen LogP contribution in [0.3, 0.4) is 0 Å². The van der Waals surface area contributed by atoms with Crippen LogP contribution in [0.4, 0.5) is 0 Å². The third-order valence-corrected chi connectivity index (χ3v) is 7.11. The monoisotopic (exact) mass is 359 g/mol. The first-order valence-electron chi connectivity index (χ1n) is 4.92. The van der Waals surface area contributed by atoms with E-state index in [1.807, 2.05) is 0 Å². The number of hydrogen-bond acceptors (Lipinski definition) is 4. The zero-order chi connectivity index (χ0) is 12.6. The summed E-state index contributed by atoms with van der Waals surface area (Å²) < 4.78 is 32.5. The second-order valence-electron chi connectivity index (χ2n) is 3.83. The average molecular weight is 361 g/mol. The molecule has 1 saturated carbocycles. The minimum Gasteiger partial charge on any atom is -0.381 e. The lowest BCUT2D eigenvalue weighted by Crippen LogP contribution is -2.47. The van der Waals surface area contributed by atoms with E-state index in [9.17, 15) is 8.42 Å². The molecule has 96 valence electrons. The number of thiophene rings is 1. The molecule has 1 aromatic rings. The van der Waals surface area contributed by atoms with E-state index < -0.39 is 10.0 Å². The van der Waals surface area contributed by atoms with Crippen molar-refractivity contribution in [1.82, 2.24) is 4.72 Å². The molecule has 4 nitrogen and oxygen atoms in total. The van der Waals surface area contributed by atoms with Gasteiger partial charge in [-0.1, -0.05) is 11.6 Å². The maximum atomic E-state index is 12.0. The molecule has 1 aliphatic rings. The standard InChI is InChI=1S/C9H11BrClNO3S2/c1-15-6-2-5(3-6)12-17(13,14)8-4-7(11)9(10)16-8/h4-6,12H,2-3H2,1H3. The van der Waals surface area contributed by atoms with E-state index in [2.05, 4.69) is 20.7 Å². The summed E-state index contributed by atoms with van der Waals surface area (Å²) >= 11 is 10.1. The summed E-state index contributed by atoms with van der Waals surface area (Å²) in [7, 11) is -1.82. The minimum atomic E-state index is -3.46. The van der Waals surface area contributed by atoms with Crippen LogP contribution < -0.4 is 4.72 Å². The highest BCUT2D eigenvalue weighted by molar-refractivity contribution is 9.11. The number of halogens is 2. The Labute approximate surface area is 117 Å². The van der Waals surface area contributed by atoms with Crippen molar-refractivity contribution in [2.45, 2.75) is 29.2 Å². The molecule has 0 unspecified atom stereocenters. The molecule has 0 spiro atoms. The van der Waals surface area contributed by atoms with E-state index >= 15 is 0 Å². The summed E-state index contributed by atoms with van der Waals surface area (Å²) in [5.74, 6) is 0. The van der Waals surface area contributed by atoms with Crippen LogP contribution in [0.15, 0.2) is 14.1 Å². The maximum Gasteiger partial charge on any atom is 0.250 e. The second-order valence-corrected chi connectivity index (χ2v) is 8.55. The Kier molecular flexibility index (Phi) is 4.16. The van der Waals surface area contributed by atoms with Gasteiger partial charge >= 0.3 is 0 Å². The lowest BCUT2D eigenvalue weighted by Gasteiger charge is -2.34. The summed E-state index contributed by atoms with van der Waals surface area (Å²) in [5, 5.41) is 0.416. The predicted octanol–water partition coefficient (Wildman–Crippen LogP) is 2.62. The Balaban J connectivity index is 2.05. The molecule has 8 heteroatoms. The topological polar surface area (TPSA) is 55.4 Å². The normalized spacial score (nSPS) is 24.6. The van der Waals surface area contributed by atoms with Gasteiger partial charge in [0.2, 0.25) is 10.0 Å². The van der Waals surface area contributed by atoms with Crippen molar-refractivity contribution in [3.8, 4) is 0 Å². The number of methoxy groups -OCH3 is 1. The van der Waals surface area contributed by atoms with Gasteiger partial charge in [0.05, 0.1) is 14.9 Å². The van der Waals surface area contributed by atoms with Gasteiger partial charge in [-0.05, 0) is 34.8 Å². The smallest absolute Gasteiger partial charge is 0.250 e. The average Bonchev–Trinajstić information content (AvgIpc) is 2.53. The number of sulfonamides is 1. The van der Waals surface area contributed by atoms with Crippen LogP contribution in [-0.4, -0.2) is 27.7 Å². The molecular weight excluding hydrogens is 350 g/mol. The van der Waals surface area contributed by atoms with Crippen LogP contribution in [0.2, 0.25) is 5.02 Å². The van der Waals surface area contributed by atoms with Crippen LogP contribution in [-0.2, 0) is 14.8 Å². The van der Waals surface area contributed by atoms with Gasteiger partial charge in [-0.15, -0.1) is 11.3 Å². The van der Waals surface area contributed by atoms with Gasteiger partial charge < -0.3 is 4.74 Å². The first-order valence-corrected chi connectivity index (χ1v) is 8.39. The van der Waals surface area contributed by atoms with Crippen LogP contribution in [0.1, 0.15) is 12.8 Å². The number of ether oxygens (including phenoxy) is 1. The molecule has 0 amide bonds. The first-order chi connectivity index (χ1) is 7.92. The van der Waals surface area contributed by atoms with Crippen LogP contribution >= 0.6 is 38.9 Å². The van der Waals surface area contributed by atoms with Gasteiger partial charge in [0.15, 0.2) is 0 Å². The van der Waals surface area contributed by atoms with Crippen LogP contribution in [0.5, 0.6) is 0 Å². The largest absolute Gasteiger partial charge is 0.381 e. The molecule has 1 heterocycles. The van der Waals surface area contributed by atoms with Gasteiger partial charge in [-0.25, -0.2) is 13.1 Å². The van der Waals surface area contributed by atoms with E-state index in [0.29, 0.717) is 8.81 Å². The van der Waals surface area contributed by atoms with Crippen molar-refractivity contribution in [2.24, 2.45) is 0 Å². The molecule has 1 fully saturated rings. The maximum absolute atomic E-state index is 12.0. The lowest BCUT2D eigenvalue weighted by molar-refractivity contribution is 0.0236. The molecule has 1 aromatic heterocycles. The fourth-order valence-corrected chi connectivity index (χ4v) is 5.27. The van der Waals surface area contributed by atoms with Crippen LogP contribution in [0.25, 0.3) is 0 Å². The predicted molar refractivity (Wildman–Crippen MR) is 71.2 cm³/mol. The first kappa shape index (κ1) is 13.8. The quantitative estimate of drug-likeness (QED) is 0.898. The molecule has 1 N–H and O–H groups in total. The van der Waals surface area contributed by atoms with Crippen molar-refractivity contribution < 1.29 is 13.2 Å². The molecule has 0 aliphatic heterocycles. The van der Waals surface area contributed by atoms with Gasteiger partial charge in [0.25, 0.3) is 0 Å². The Bertz CT molecular complexity index is 491.